The Morgan fingerprint density at radius 3 is 2.42 bits per heavy atom. The van der Waals surface area contributed by atoms with Crippen LogP contribution in [0.25, 0.3) is 10.2 Å². The lowest BCUT2D eigenvalue weighted by atomic mass is 10.2. The summed E-state index contributed by atoms with van der Waals surface area (Å²) in [6.07, 6.45) is 1.67. The Hall–Kier alpha value is -2.85. The van der Waals surface area contributed by atoms with Crippen molar-refractivity contribution >= 4 is 54.2 Å². The molecule has 0 N–H and O–H groups in total. The van der Waals surface area contributed by atoms with Crippen molar-refractivity contribution in [2.45, 2.75) is 18.4 Å². The summed E-state index contributed by atoms with van der Waals surface area (Å²) < 4.78 is 26.8. The number of carbonyl (C=O) groups excluding carboxylic acids is 1. The van der Waals surface area contributed by atoms with E-state index in [4.69, 9.17) is 16.6 Å². The SMILES string of the molecule is Cc1c(Cl)ccc2sc(N(Cc3ccccn3)C(=O)c3ccc(S(=O)(=O)N(C)C)cc3)nc12. The average molecular weight is 501 g/mol. The van der Waals surface area contributed by atoms with E-state index >= 15 is 0 Å². The lowest BCUT2D eigenvalue weighted by molar-refractivity contribution is 0.0984. The van der Waals surface area contributed by atoms with Crippen molar-refractivity contribution < 1.29 is 13.2 Å². The molecule has 170 valence electrons. The number of hydrogen-bond acceptors (Lipinski definition) is 6. The summed E-state index contributed by atoms with van der Waals surface area (Å²) in [6.45, 7) is 2.10. The van der Waals surface area contributed by atoms with E-state index in [-0.39, 0.29) is 17.3 Å². The highest BCUT2D eigenvalue weighted by atomic mass is 35.5. The highest BCUT2D eigenvalue weighted by Gasteiger charge is 2.24. The first-order valence-electron chi connectivity index (χ1n) is 9.98. The van der Waals surface area contributed by atoms with Crippen molar-refractivity contribution in [1.29, 1.82) is 0 Å². The lowest BCUT2D eigenvalue weighted by Crippen LogP contribution is -2.30. The molecule has 4 aromatic rings. The first kappa shape index (κ1) is 23.3. The van der Waals surface area contributed by atoms with Crippen LogP contribution in [0, 0.1) is 6.92 Å². The summed E-state index contributed by atoms with van der Waals surface area (Å²) in [5.74, 6) is -0.308. The molecule has 0 atom stereocenters. The Bertz CT molecular complexity index is 1420. The first-order valence-corrected chi connectivity index (χ1v) is 12.6. The van der Waals surface area contributed by atoms with Crippen molar-refractivity contribution in [3.05, 3.63) is 82.6 Å². The van der Waals surface area contributed by atoms with Crippen molar-refractivity contribution in [2.24, 2.45) is 0 Å². The quantitative estimate of drug-likeness (QED) is 0.381. The van der Waals surface area contributed by atoms with E-state index in [1.807, 2.05) is 37.3 Å². The molecule has 0 aliphatic rings. The third-order valence-corrected chi connectivity index (χ3v) is 8.42. The van der Waals surface area contributed by atoms with Gasteiger partial charge in [0.1, 0.15) is 0 Å². The summed E-state index contributed by atoms with van der Waals surface area (Å²) in [7, 11) is -0.666. The van der Waals surface area contributed by atoms with Crippen LogP contribution in [0.15, 0.2) is 65.7 Å². The third-order valence-electron chi connectivity index (χ3n) is 5.14. The van der Waals surface area contributed by atoms with Crippen LogP contribution in [-0.2, 0) is 16.6 Å². The number of pyridine rings is 1. The maximum atomic E-state index is 13.6. The first-order chi connectivity index (χ1) is 15.7. The lowest BCUT2D eigenvalue weighted by Gasteiger charge is -2.20. The molecule has 0 bridgehead atoms. The number of thiazole rings is 1. The van der Waals surface area contributed by atoms with E-state index in [9.17, 15) is 13.2 Å². The molecule has 0 aliphatic heterocycles. The van der Waals surface area contributed by atoms with E-state index < -0.39 is 10.0 Å². The zero-order valence-corrected chi connectivity index (χ0v) is 20.6. The zero-order chi connectivity index (χ0) is 23.8. The molecule has 0 fully saturated rings. The molecule has 2 aromatic carbocycles. The number of fused-ring (bicyclic) bond motifs is 1. The second-order valence-electron chi connectivity index (χ2n) is 7.54. The smallest absolute Gasteiger partial charge is 0.260 e. The van der Waals surface area contributed by atoms with Gasteiger partial charge in [-0.25, -0.2) is 17.7 Å². The van der Waals surface area contributed by atoms with Crippen LogP contribution in [0.3, 0.4) is 0 Å². The van der Waals surface area contributed by atoms with Crippen LogP contribution in [-0.4, -0.2) is 42.7 Å². The molecule has 0 radical (unpaired) electrons. The third kappa shape index (κ3) is 4.63. The summed E-state index contributed by atoms with van der Waals surface area (Å²) >= 11 is 7.65. The second-order valence-corrected chi connectivity index (χ2v) is 11.1. The van der Waals surface area contributed by atoms with Crippen molar-refractivity contribution in [3.63, 3.8) is 0 Å². The fraction of sp³-hybridized carbons (Fsp3) is 0.174. The van der Waals surface area contributed by atoms with Crippen LogP contribution in [0.2, 0.25) is 5.02 Å². The molecule has 33 heavy (non-hydrogen) atoms. The van der Waals surface area contributed by atoms with Crippen molar-refractivity contribution in [1.82, 2.24) is 14.3 Å². The minimum Gasteiger partial charge on any atom is -0.278 e. The van der Waals surface area contributed by atoms with Crippen LogP contribution in [0.5, 0.6) is 0 Å². The molecule has 0 saturated heterocycles. The Labute approximate surface area is 201 Å². The summed E-state index contributed by atoms with van der Waals surface area (Å²) in [5, 5.41) is 1.12. The van der Waals surface area contributed by atoms with Gasteiger partial charge in [-0.3, -0.25) is 14.7 Å². The largest absolute Gasteiger partial charge is 0.278 e. The normalized spacial score (nSPS) is 11.8. The van der Waals surface area contributed by atoms with E-state index in [2.05, 4.69) is 4.98 Å². The number of anilines is 1. The Morgan fingerprint density at radius 1 is 1.06 bits per heavy atom. The predicted molar refractivity (Wildman–Crippen MR) is 131 cm³/mol. The fourth-order valence-corrected chi connectivity index (χ4v) is 5.30. The van der Waals surface area contributed by atoms with Crippen LogP contribution >= 0.6 is 22.9 Å². The second kappa shape index (κ2) is 9.18. The Balaban J connectivity index is 1.75. The molecule has 2 heterocycles. The number of amides is 1. The van der Waals surface area contributed by atoms with Gasteiger partial charge in [-0.15, -0.1) is 0 Å². The Morgan fingerprint density at radius 2 is 1.79 bits per heavy atom. The Kier molecular flexibility index (Phi) is 6.49. The number of nitrogens with zero attached hydrogens (tertiary/aromatic N) is 4. The average Bonchev–Trinajstić information content (AvgIpc) is 3.25. The molecule has 10 heteroatoms. The molecule has 4 rings (SSSR count). The molecule has 7 nitrogen and oxygen atoms in total. The standard InChI is InChI=1S/C23H21ClN4O3S2/c1-15-19(24)11-12-20-21(15)26-23(32-20)28(14-17-6-4-5-13-25-17)22(29)16-7-9-18(10-8-16)33(30,31)27(2)3/h4-13H,14H2,1-3H3. The van der Waals surface area contributed by atoms with Gasteiger partial charge in [-0.2, -0.15) is 0 Å². The maximum Gasteiger partial charge on any atom is 0.260 e. The van der Waals surface area contributed by atoms with Crippen LogP contribution in [0.4, 0.5) is 5.13 Å². The van der Waals surface area contributed by atoms with Crippen LogP contribution in [0.1, 0.15) is 21.6 Å². The van der Waals surface area contributed by atoms with Gasteiger partial charge in [0.2, 0.25) is 10.0 Å². The number of sulfonamides is 1. The van der Waals surface area contributed by atoms with E-state index in [0.717, 1.165) is 20.1 Å². The van der Waals surface area contributed by atoms with Gasteiger partial charge in [0.15, 0.2) is 5.13 Å². The van der Waals surface area contributed by atoms with Crippen molar-refractivity contribution in [2.75, 3.05) is 19.0 Å². The van der Waals surface area contributed by atoms with Gasteiger partial charge in [-0.1, -0.05) is 29.0 Å². The summed E-state index contributed by atoms with van der Waals surface area (Å²) in [4.78, 5) is 24.3. The number of aryl methyl sites for hydroxylation is 1. The predicted octanol–water partition coefficient (Wildman–Crippen LogP) is 4.75. The van der Waals surface area contributed by atoms with E-state index in [0.29, 0.717) is 21.4 Å². The zero-order valence-electron chi connectivity index (χ0n) is 18.2. The number of carbonyl (C=O) groups is 1. The maximum absolute atomic E-state index is 13.6. The molecular formula is C23H21ClN4O3S2. The molecule has 0 spiro atoms. The van der Waals surface area contributed by atoms with Gasteiger partial charge in [0, 0.05) is 30.9 Å². The number of rotatable bonds is 6. The van der Waals surface area contributed by atoms with Gasteiger partial charge in [0.25, 0.3) is 5.91 Å². The molecule has 0 saturated carbocycles. The number of aromatic nitrogens is 2. The number of halogens is 1. The van der Waals surface area contributed by atoms with Gasteiger partial charge in [-0.05, 0) is 61.0 Å². The number of hydrogen-bond donors (Lipinski definition) is 0. The van der Waals surface area contributed by atoms with Gasteiger partial charge >= 0.3 is 0 Å². The molecular weight excluding hydrogens is 480 g/mol. The fourth-order valence-electron chi connectivity index (χ4n) is 3.22. The molecule has 0 aliphatic carbocycles. The minimum absolute atomic E-state index is 0.116. The summed E-state index contributed by atoms with van der Waals surface area (Å²) in [5.41, 5.74) is 2.64. The molecule has 0 unspecified atom stereocenters. The number of benzene rings is 2. The highest BCUT2D eigenvalue weighted by molar-refractivity contribution is 7.89. The van der Waals surface area contributed by atoms with Crippen LogP contribution < -0.4 is 4.90 Å². The molecule has 2 aromatic heterocycles. The minimum atomic E-state index is -3.59. The van der Waals surface area contributed by atoms with Gasteiger partial charge < -0.3 is 0 Å². The summed E-state index contributed by atoms with van der Waals surface area (Å²) in [6, 6.07) is 15.1. The molecule has 1 amide bonds. The highest BCUT2D eigenvalue weighted by Crippen LogP contribution is 2.34. The monoisotopic (exact) mass is 500 g/mol. The van der Waals surface area contributed by atoms with E-state index in [1.165, 1.54) is 49.7 Å². The van der Waals surface area contributed by atoms with E-state index in [1.54, 1.807) is 11.1 Å². The topological polar surface area (TPSA) is 83.5 Å². The van der Waals surface area contributed by atoms with Gasteiger partial charge in [0.05, 0.1) is 27.4 Å². The van der Waals surface area contributed by atoms with Crippen molar-refractivity contribution in [3.8, 4) is 0 Å².